The van der Waals surface area contributed by atoms with E-state index < -0.39 is 131 Å². The SMILES string of the molecule is CC[C@@H]1/C2=C/c3[nH]c4c(c3C)C(=O)C(C(=O)OC)C4C3N=C(/C=c4\[nH]/c(c(C(C)=O)c4C)=C\C(=N2)[C@H]1C)[C@H](C)[C@H]3CCC(=O)NCCCC(C(=O)NCCSSC[C@H](NC(=O)[C@H](CC(=O)NCCS(=O)(=O)O)NC(=O)CC[C@H](NC(=O)c1ccc(NCc2cnc3nc(N)[nH]c(=O)c3n2)cc1)C(=O)O)C(=O)O)[N+](C)(C)C. The smallest absolute Gasteiger partial charge is 0.327 e. The lowest BCUT2D eigenvalue weighted by atomic mass is 9.75. The van der Waals surface area contributed by atoms with Crippen LogP contribution in [0.2, 0.25) is 0 Å². The van der Waals surface area contributed by atoms with Crippen LogP contribution in [0.5, 0.6) is 0 Å². The second kappa shape index (κ2) is 36.6. The molecule has 3 aliphatic heterocycles. The zero-order chi connectivity index (χ0) is 81.1. The number of carbonyl (C=O) groups is 11. The average molecular weight is 1590 g/mol. The fourth-order valence-electron chi connectivity index (χ4n) is 14.4. The number of likely N-dealkylation sites (N-methyl/N-ethyl adjacent to an activating group) is 1. The van der Waals surface area contributed by atoms with Crippen molar-refractivity contribution in [1.82, 2.24) is 61.8 Å². The van der Waals surface area contributed by atoms with Gasteiger partial charge in [0.15, 0.2) is 28.8 Å². The highest BCUT2D eigenvalue weighted by Gasteiger charge is 2.55. The van der Waals surface area contributed by atoms with Crippen molar-refractivity contribution in [2.75, 3.05) is 76.2 Å². The number of allylic oxidation sites excluding steroid dienone is 1. The van der Waals surface area contributed by atoms with Crippen molar-refractivity contribution in [1.29, 1.82) is 0 Å². The molecule has 5 aromatic rings. The number of aromatic amines is 3. The number of aromatic nitrogens is 6. The Hall–Kier alpha value is -10.4. The molecule has 4 unspecified atom stereocenters. The molecule has 1 aromatic carbocycles. The molecule has 4 aliphatic rings. The van der Waals surface area contributed by atoms with E-state index in [0.29, 0.717) is 75.1 Å². The highest BCUT2D eigenvalue weighted by atomic mass is 33.1. The Morgan fingerprint density at radius 1 is 0.766 bits per heavy atom. The molecule has 0 fully saturated rings. The third kappa shape index (κ3) is 21.0. The Kier molecular flexibility index (Phi) is 27.9. The minimum atomic E-state index is -4.53. The number of aliphatic imine (C=N–C) groups is 2. The molecule has 8 bridgehead atoms. The third-order valence-electron chi connectivity index (χ3n) is 20.3. The lowest BCUT2D eigenvalue weighted by Gasteiger charge is -2.33. The Bertz CT molecular complexity index is 4890. The summed E-state index contributed by atoms with van der Waals surface area (Å²) in [5, 5.41) is 39.6. The van der Waals surface area contributed by atoms with Crippen LogP contribution in [0, 0.1) is 43.4 Å². The third-order valence-corrected chi connectivity index (χ3v) is 23.5. The van der Waals surface area contributed by atoms with Crippen molar-refractivity contribution in [2.45, 2.75) is 136 Å². The van der Waals surface area contributed by atoms with Gasteiger partial charge in [0.1, 0.15) is 24.0 Å². The van der Waals surface area contributed by atoms with Gasteiger partial charge >= 0.3 is 17.9 Å². The zero-order valence-corrected chi connectivity index (χ0v) is 65.5. The number of carboxylic acids is 2. The lowest BCUT2D eigenvalue weighted by molar-refractivity contribution is -0.886. The van der Waals surface area contributed by atoms with Crippen LogP contribution in [0.25, 0.3) is 29.4 Å². The summed E-state index contributed by atoms with van der Waals surface area (Å²) >= 11 is 0. The normalized spacial score (nSPS) is 20.6. The number of fused-ring (bicyclic) bond motifs is 7. The Balaban J connectivity index is 0.756. The molecule has 1 aliphatic carbocycles. The van der Waals surface area contributed by atoms with Gasteiger partial charge in [-0.25, -0.2) is 19.6 Å². The van der Waals surface area contributed by atoms with E-state index in [-0.39, 0.29) is 112 Å². The van der Waals surface area contributed by atoms with Crippen molar-refractivity contribution in [3.63, 3.8) is 0 Å². The molecule has 596 valence electrons. The highest BCUT2D eigenvalue weighted by Crippen LogP contribution is 2.50. The van der Waals surface area contributed by atoms with E-state index in [2.05, 4.69) is 81.0 Å². The van der Waals surface area contributed by atoms with Gasteiger partial charge in [0.25, 0.3) is 27.5 Å². The molecule has 0 spiro atoms. The standard InChI is InChI=1S/C73H93N17O18S3/c1-11-42-34(2)45-29-50-57(38(6)91)36(4)47(82-50)27-46-35(3)43(61(84-46)59-60(72(104)108-10)64(95)58-37(5)48(85-62(58)59)28-49(42)81-45)18-20-54(92)75-22-12-13-53(90(7,8)9)68(98)77-23-25-109-110-33-52(71(102)103)87-67(97)51(30-56(94)76-24-26-111(105,106)107)83-55(93)21-19-44(70(100)101)86-66(96)39-14-16-40(17-15-39)78-31-41-32-79-65-63(80-41)69(99)89-73(74)88-65/h14-17,27-29,32,34-35,42-44,51-53,59-61H,11-13,18-26,30-31,33H2,1-10H3,(H14-,74,75,76,77,78,79,80,81,82,83,84,85,86,87,88,89,91,92,93,94,95,96,97,98,99,100,101,102,103,105,106,107)/p+1/t34-,35+,42-,43+,44-,51-,52-,53?,59?,60?,61?/m0/s1. The van der Waals surface area contributed by atoms with Gasteiger partial charge in [0.05, 0.1) is 70.3 Å². The van der Waals surface area contributed by atoms with Crippen molar-refractivity contribution in [2.24, 2.45) is 39.6 Å². The number of Topliss-reactive ketones (excluding diaryl/α,β-unsaturated/α-hetero) is 2. The van der Waals surface area contributed by atoms with Crippen LogP contribution >= 0.6 is 21.6 Å². The number of ether oxygens (including phenoxy) is 1. The number of carboxylic acid groups (broad SMARTS) is 2. The Morgan fingerprint density at radius 3 is 2.14 bits per heavy atom. The molecule has 7 heterocycles. The van der Waals surface area contributed by atoms with Gasteiger partial charge in [-0.2, -0.15) is 13.4 Å². The fraction of sp³-hybridized carbons (Fsp3) is 0.493. The number of carbonyl (C=O) groups excluding carboxylic acids is 9. The highest BCUT2D eigenvalue weighted by molar-refractivity contribution is 8.76. The first kappa shape index (κ1) is 84.6. The summed E-state index contributed by atoms with van der Waals surface area (Å²) in [5.41, 5.74) is 11.8. The van der Waals surface area contributed by atoms with Gasteiger partial charge < -0.3 is 72.4 Å². The molecular formula is C73H94N17O18S3+. The number of anilines is 2. The summed E-state index contributed by atoms with van der Waals surface area (Å²) in [6.07, 6.45) is 7.12. The second-order valence-corrected chi connectivity index (χ2v) is 33.0. The molecule has 9 rings (SSSR count). The number of nitrogens with two attached hydrogens (primary N) is 1. The topological polar surface area (TPSA) is 530 Å². The van der Waals surface area contributed by atoms with Gasteiger partial charge in [0.2, 0.25) is 29.6 Å². The van der Waals surface area contributed by atoms with Crippen molar-refractivity contribution < 1.29 is 85.1 Å². The van der Waals surface area contributed by atoms with Gasteiger partial charge in [-0.15, -0.1) is 0 Å². The first-order valence-electron chi connectivity index (χ1n) is 36.2. The minimum Gasteiger partial charge on any atom is -0.480 e. The molecule has 11 atom stereocenters. The first-order chi connectivity index (χ1) is 52.5. The quantitative estimate of drug-likeness (QED) is 0.00515. The molecule has 111 heavy (non-hydrogen) atoms. The van der Waals surface area contributed by atoms with Crippen molar-refractivity contribution in [3.05, 3.63) is 102 Å². The number of hydrogen-bond acceptors (Lipinski definition) is 24. The van der Waals surface area contributed by atoms with Crippen LogP contribution in [0.1, 0.15) is 144 Å². The van der Waals surface area contributed by atoms with Gasteiger partial charge in [-0.1, -0.05) is 42.4 Å². The van der Waals surface area contributed by atoms with Gasteiger partial charge in [-0.05, 0) is 106 Å². The number of nitrogen functional groups attached to an aromatic ring is 1. The number of esters is 1. The van der Waals surface area contributed by atoms with E-state index in [9.17, 15) is 76.2 Å². The number of ketones is 2. The maximum atomic E-state index is 14.6. The van der Waals surface area contributed by atoms with Crippen LogP contribution in [0.3, 0.4) is 0 Å². The number of aliphatic carboxylic acids is 2. The Labute approximate surface area is 646 Å². The summed E-state index contributed by atoms with van der Waals surface area (Å²) in [5.74, 6) is -12.4. The minimum absolute atomic E-state index is 0.0161. The first-order valence-corrected chi connectivity index (χ1v) is 40.2. The predicted octanol–water partition coefficient (Wildman–Crippen LogP) is 1.62. The van der Waals surface area contributed by atoms with E-state index in [1.807, 2.05) is 60.1 Å². The zero-order valence-electron chi connectivity index (χ0n) is 63.0. The van der Waals surface area contributed by atoms with Crippen LogP contribution in [0.4, 0.5) is 11.6 Å². The number of amides is 6. The van der Waals surface area contributed by atoms with Crippen LogP contribution in [0.15, 0.2) is 50.9 Å². The molecule has 0 saturated heterocycles. The predicted molar refractivity (Wildman–Crippen MR) is 415 cm³/mol. The van der Waals surface area contributed by atoms with Crippen LogP contribution in [-0.4, -0.2) is 229 Å². The van der Waals surface area contributed by atoms with E-state index in [0.717, 1.165) is 34.2 Å². The molecule has 38 heteroatoms. The van der Waals surface area contributed by atoms with E-state index >= 15 is 0 Å². The summed E-state index contributed by atoms with van der Waals surface area (Å²) < 4.78 is 37.4. The number of H-pyrrole nitrogens is 3. The summed E-state index contributed by atoms with van der Waals surface area (Å²) in [4.78, 5) is 192. The number of benzene rings is 1. The van der Waals surface area contributed by atoms with Crippen LogP contribution in [-0.2, 0) is 59.8 Å². The van der Waals surface area contributed by atoms with E-state index in [1.165, 1.54) is 55.3 Å². The van der Waals surface area contributed by atoms with E-state index in [4.69, 9.17) is 25.0 Å². The summed E-state index contributed by atoms with van der Waals surface area (Å²) in [7, 11) is 4.48. The summed E-state index contributed by atoms with van der Waals surface area (Å²) in [6.45, 7) is 11.3. The number of nitrogens with one attached hydrogen (secondary N) is 10. The fourth-order valence-corrected chi connectivity index (χ4v) is 16.8. The second-order valence-electron chi connectivity index (χ2n) is 28.8. The molecular weight excluding hydrogens is 1500 g/mol. The molecule has 0 radical (unpaired) electrons. The molecule has 15 N–H and O–H groups in total. The summed E-state index contributed by atoms with van der Waals surface area (Å²) in [6, 6.07) is -0.528. The molecule has 4 aromatic heterocycles. The van der Waals surface area contributed by atoms with Crippen molar-refractivity contribution in [3.8, 4) is 0 Å². The number of hydrogen-bond donors (Lipinski definition) is 14. The molecule has 35 nitrogen and oxygen atoms in total. The number of methoxy groups -OCH3 is 1. The largest absolute Gasteiger partial charge is 0.480 e. The van der Waals surface area contributed by atoms with Crippen LogP contribution < -0.4 is 59.2 Å². The van der Waals surface area contributed by atoms with E-state index in [1.54, 1.807) is 0 Å². The molecule has 6 amide bonds. The average Bonchev–Trinajstić information content (AvgIpc) is 1.56. The maximum absolute atomic E-state index is 14.6. The molecule has 0 saturated carbocycles. The number of rotatable bonds is 36. The number of nitrogens with zero attached hydrogens (tertiary/aromatic N) is 6. The Morgan fingerprint density at radius 2 is 1.47 bits per heavy atom. The van der Waals surface area contributed by atoms with Crippen molar-refractivity contribution >= 4 is 149 Å². The maximum Gasteiger partial charge on any atom is 0.327 e. The number of quaternary nitrogens is 1. The van der Waals surface area contributed by atoms with Gasteiger partial charge in [-0.3, -0.25) is 67.5 Å². The van der Waals surface area contributed by atoms with Gasteiger partial charge in [0, 0.05) is 130 Å². The monoisotopic (exact) mass is 1590 g/mol. The lowest BCUT2D eigenvalue weighted by Crippen LogP contribution is -2.54.